The summed E-state index contributed by atoms with van der Waals surface area (Å²) in [5, 5.41) is 0. The molecule has 1 aromatic rings. The van der Waals surface area contributed by atoms with Crippen LogP contribution in [0.3, 0.4) is 0 Å². The van der Waals surface area contributed by atoms with Gasteiger partial charge in [-0.2, -0.15) is 0 Å². The van der Waals surface area contributed by atoms with Crippen molar-refractivity contribution in [2.24, 2.45) is 0 Å². The molecular formula is C8H8ClFO2S. The zero-order valence-electron chi connectivity index (χ0n) is 7.14. The largest absolute Gasteiger partial charge is 0.261 e. The van der Waals surface area contributed by atoms with Gasteiger partial charge >= 0.3 is 0 Å². The van der Waals surface area contributed by atoms with Crippen LogP contribution >= 0.6 is 10.7 Å². The molecule has 0 aromatic heterocycles. The third-order valence-electron chi connectivity index (χ3n) is 1.72. The van der Waals surface area contributed by atoms with E-state index in [4.69, 9.17) is 10.7 Å². The molecule has 0 saturated heterocycles. The van der Waals surface area contributed by atoms with Crippen LogP contribution in [0.5, 0.6) is 0 Å². The summed E-state index contributed by atoms with van der Waals surface area (Å²) < 4.78 is 34.8. The van der Waals surface area contributed by atoms with E-state index < -0.39 is 14.9 Å². The molecule has 0 bridgehead atoms. The molecule has 0 unspecified atom stereocenters. The average Bonchev–Trinajstić information content (AvgIpc) is 1.94. The van der Waals surface area contributed by atoms with Crippen LogP contribution in [0.25, 0.3) is 0 Å². The van der Waals surface area contributed by atoms with Crippen LogP contribution in [0.1, 0.15) is 11.1 Å². The Morgan fingerprint density at radius 1 is 1.23 bits per heavy atom. The topological polar surface area (TPSA) is 34.1 Å². The normalized spacial score (nSPS) is 11.7. The minimum absolute atomic E-state index is 0.0342. The molecule has 0 aliphatic carbocycles. The van der Waals surface area contributed by atoms with E-state index in [-0.39, 0.29) is 10.5 Å². The Balaban J connectivity index is 3.50. The Kier molecular flexibility index (Phi) is 2.63. The highest BCUT2D eigenvalue weighted by Crippen LogP contribution is 2.22. The summed E-state index contributed by atoms with van der Waals surface area (Å²) in [5.41, 5.74) is 0.586. The van der Waals surface area contributed by atoms with E-state index >= 15 is 0 Å². The Labute approximate surface area is 80.8 Å². The maximum atomic E-state index is 12.9. The highest BCUT2D eigenvalue weighted by Gasteiger charge is 2.15. The van der Waals surface area contributed by atoms with Crippen molar-refractivity contribution in [1.82, 2.24) is 0 Å². The molecule has 0 spiro atoms. The lowest BCUT2D eigenvalue weighted by Gasteiger charge is -2.03. The number of aryl methyl sites for hydroxylation is 2. The molecule has 1 rings (SSSR count). The predicted molar refractivity (Wildman–Crippen MR) is 48.9 cm³/mol. The van der Waals surface area contributed by atoms with Crippen LogP contribution in [0, 0.1) is 19.7 Å². The first-order valence-corrected chi connectivity index (χ1v) is 5.84. The standard InChI is InChI=1S/C8H8ClFO2S/c1-5-4-8(13(9,11)12)6(2)3-7(5)10/h3-4H,1-2H3. The lowest BCUT2D eigenvalue weighted by molar-refractivity contribution is 0.603. The zero-order valence-corrected chi connectivity index (χ0v) is 8.71. The lowest BCUT2D eigenvalue weighted by atomic mass is 10.1. The summed E-state index contributed by atoms with van der Waals surface area (Å²) in [6.07, 6.45) is 0. The first-order chi connectivity index (χ1) is 5.82. The van der Waals surface area contributed by atoms with Crippen molar-refractivity contribution in [3.63, 3.8) is 0 Å². The highest BCUT2D eigenvalue weighted by atomic mass is 35.7. The van der Waals surface area contributed by atoms with Gasteiger partial charge in [0.25, 0.3) is 9.05 Å². The van der Waals surface area contributed by atoms with E-state index in [1.165, 1.54) is 19.9 Å². The summed E-state index contributed by atoms with van der Waals surface area (Å²) >= 11 is 0. The van der Waals surface area contributed by atoms with Crippen molar-refractivity contribution < 1.29 is 12.8 Å². The monoisotopic (exact) mass is 222 g/mol. The fourth-order valence-electron chi connectivity index (χ4n) is 1.02. The molecule has 5 heteroatoms. The van der Waals surface area contributed by atoms with E-state index in [9.17, 15) is 12.8 Å². The molecule has 0 saturated carbocycles. The number of hydrogen-bond acceptors (Lipinski definition) is 2. The van der Waals surface area contributed by atoms with Crippen molar-refractivity contribution in [2.45, 2.75) is 18.7 Å². The Bertz CT molecular complexity index is 440. The molecule has 13 heavy (non-hydrogen) atoms. The van der Waals surface area contributed by atoms with E-state index in [0.717, 1.165) is 6.07 Å². The maximum absolute atomic E-state index is 12.9. The first kappa shape index (κ1) is 10.5. The van der Waals surface area contributed by atoms with Crippen LogP contribution in [-0.4, -0.2) is 8.42 Å². The molecule has 0 radical (unpaired) electrons. The third kappa shape index (κ3) is 2.19. The molecule has 2 nitrogen and oxygen atoms in total. The summed E-state index contributed by atoms with van der Waals surface area (Å²) in [5.74, 6) is -0.429. The van der Waals surface area contributed by atoms with Gasteiger partial charge in [0.05, 0.1) is 4.90 Å². The number of hydrogen-bond donors (Lipinski definition) is 0. The molecule has 0 aliphatic heterocycles. The van der Waals surface area contributed by atoms with Gasteiger partial charge in [-0.3, -0.25) is 0 Å². The van der Waals surface area contributed by atoms with Crippen LogP contribution in [-0.2, 0) is 9.05 Å². The van der Waals surface area contributed by atoms with Crippen molar-refractivity contribution in [3.8, 4) is 0 Å². The minimum atomic E-state index is -3.77. The second-order valence-corrected chi connectivity index (χ2v) is 5.34. The van der Waals surface area contributed by atoms with E-state index in [1.807, 2.05) is 0 Å². The number of halogens is 2. The molecule has 72 valence electrons. The average molecular weight is 223 g/mol. The van der Waals surface area contributed by atoms with Gasteiger partial charge in [-0.25, -0.2) is 12.8 Å². The maximum Gasteiger partial charge on any atom is 0.261 e. The van der Waals surface area contributed by atoms with Gasteiger partial charge in [0, 0.05) is 10.7 Å². The molecule has 0 fully saturated rings. The first-order valence-electron chi connectivity index (χ1n) is 3.54. The smallest absolute Gasteiger partial charge is 0.207 e. The number of benzene rings is 1. The molecular weight excluding hydrogens is 215 g/mol. The minimum Gasteiger partial charge on any atom is -0.207 e. The highest BCUT2D eigenvalue weighted by molar-refractivity contribution is 8.13. The van der Waals surface area contributed by atoms with Crippen LogP contribution in [0.4, 0.5) is 4.39 Å². The molecule has 0 heterocycles. The van der Waals surface area contributed by atoms with Gasteiger partial charge in [-0.1, -0.05) is 0 Å². The summed E-state index contributed by atoms with van der Waals surface area (Å²) in [6, 6.07) is 2.39. The Hall–Kier alpha value is -0.610. The van der Waals surface area contributed by atoms with Crippen LogP contribution < -0.4 is 0 Å². The Morgan fingerprint density at radius 2 is 1.77 bits per heavy atom. The van der Waals surface area contributed by atoms with Crippen molar-refractivity contribution in [2.75, 3.05) is 0 Å². The molecule has 0 N–H and O–H groups in total. The molecule has 0 aliphatic rings. The number of rotatable bonds is 1. The van der Waals surface area contributed by atoms with Crippen molar-refractivity contribution in [1.29, 1.82) is 0 Å². The quantitative estimate of drug-likeness (QED) is 0.684. The van der Waals surface area contributed by atoms with E-state index in [1.54, 1.807) is 0 Å². The fourth-order valence-corrected chi connectivity index (χ4v) is 2.28. The molecule has 1 aromatic carbocycles. The van der Waals surface area contributed by atoms with Crippen LogP contribution in [0.2, 0.25) is 0 Å². The van der Waals surface area contributed by atoms with Gasteiger partial charge in [0.2, 0.25) is 0 Å². The van der Waals surface area contributed by atoms with Gasteiger partial charge in [-0.05, 0) is 37.1 Å². The Morgan fingerprint density at radius 3 is 2.23 bits per heavy atom. The summed E-state index contributed by atoms with van der Waals surface area (Å²) in [4.78, 5) is -0.0342. The summed E-state index contributed by atoms with van der Waals surface area (Å²) in [6.45, 7) is 2.98. The van der Waals surface area contributed by atoms with Gasteiger partial charge in [0.1, 0.15) is 5.82 Å². The molecule has 0 atom stereocenters. The van der Waals surface area contributed by atoms with Crippen molar-refractivity contribution in [3.05, 3.63) is 29.1 Å². The van der Waals surface area contributed by atoms with Gasteiger partial charge in [-0.15, -0.1) is 0 Å². The van der Waals surface area contributed by atoms with E-state index in [2.05, 4.69) is 0 Å². The van der Waals surface area contributed by atoms with Gasteiger partial charge in [0.15, 0.2) is 0 Å². The fraction of sp³-hybridized carbons (Fsp3) is 0.250. The SMILES string of the molecule is Cc1cc(S(=O)(=O)Cl)c(C)cc1F. The van der Waals surface area contributed by atoms with Gasteiger partial charge < -0.3 is 0 Å². The van der Waals surface area contributed by atoms with Crippen molar-refractivity contribution >= 4 is 19.7 Å². The third-order valence-corrected chi connectivity index (χ3v) is 3.18. The lowest BCUT2D eigenvalue weighted by Crippen LogP contribution is -1.97. The second kappa shape index (κ2) is 3.27. The predicted octanol–water partition coefficient (Wildman–Crippen LogP) is 2.37. The summed E-state index contributed by atoms with van der Waals surface area (Å²) in [7, 11) is 1.37. The molecule has 0 amide bonds. The zero-order chi connectivity index (χ0) is 10.2. The second-order valence-electron chi connectivity index (χ2n) is 2.80. The van der Waals surface area contributed by atoms with E-state index in [0.29, 0.717) is 5.56 Å². The van der Waals surface area contributed by atoms with Crippen LogP contribution in [0.15, 0.2) is 17.0 Å².